The van der Waals surface area contributed by atoms with Gasteiger partial charge in [-0.15, -0.1) is 0 Å². The summed E-state index contributed by atoms with van der Waals surface area (Å²) in [6.07, 6.45) is 0. The van der Waals surface area contributed by atoms with Crippen molar-refractivity contribution in [2.24, 2.45) is 0 Å². The molecule has 0 aliphatic heterocycles. The number of benzene rings is 2. The lowest BCUT2D eigenvalue weighted by molar-refractivity contribution is 0.0696. The summed E-state index contributed by atoms with van der Waals surface area (Å²) in [4.78, 5) is 22.6. The molecule has 4 nitrogen and oxygen atoms in total. The van der Waals surface area contributed by atoms with Crippen molar-refractivity contribution in [3.8, 4) is 0 Å². The summed E-state index contributed by atoms with van der Waals surface area (Å²) in [5.74, 6) is -6.74. The maximum Gasteiger partial charge on any atom is 0.335 e. The third-order valence-corrected chi connectivity index (χ3v) is 2.91. The van der Waals surface area contributed by atoms with Gasteiger partial charge in [0.2, 0.25) is 0 Å². The Balaban J connectivity index is 2.12. The number of halogens is 3. The molecule has 2 rings (SSSR count). The first-order valence-electron chi connectivity index (χ1n) is 6.14. The molecular weight excluding hydrogens is 299 g/mol. The van der Waals surface area contributed by atoms with Crippen molar-refractivity contribution < 1.29 is 27.9 Å². The number of rotatable bonds is 4. The number of carboxylic acids is 1. The maximum atomic E-state index is 13.5. The van der Waals surface area contributed by atoms with E-state index < -0.39 is 34.9 Å². The summed E-state index contributed by atoms with van der Waals surface area (Å²) in [5.41, 5.74) is -0.129. The lowest BCUT2D eigenvalue weighted by atomic mass is 10.1. The zero-order chi connectivity index (χ0) is 16.3. The van der Waals surface area contributed by atoms with Crippen molar-refractivity contribution in [3.05, 3.63) is 70.5 Å². The predicted octanol–water partition coefficient (Wildman–Crippen LogP) is 2.73. The number of hydrogen-bond donors (Lipinski definition) is 2. The van der Waals surface area contributed by atoms with Crippen LogP contribution in [-0.4, -0.2) is 17.0 Å². The largest absolute Gasteiger partial charge is 0.478 e. The second kappa shape index (κ2) is 6.30. The van der Waals surface area contributed by atoms with E-state index in [4.69, 9.17) is 5.11 Å². The summed E-state index contributed by atoms with van der Waals surface area (Å²) in [7, 11) is 0. The van der Waals surface area contributed by atoms with Crippen molar-refractivity contribution in [3.63, 3.8) is 0 Å². The molecule has 0 aliphatic rings. The van der Waals surface area contributed by atoms with Crippen molar-refractivity contribution in [1.29, 1.82) is 0 Å². The Bertz CT molecular complexity index is 747. The second-order valence-electron chi connectivity index (χ2n) is 4.41. The van der Waals surface area contributed by atoms with E-state index in [1.54, 1.807) is 6.07 Å². The van der Waals surface area contributed by atoms with E-state index in [1.165, 1.54) is 18.2 Å². The molecule has 0 atom stereocenters. The average Bonchev–Trinajstić information content (AvgIpc) is 2.50. The number of aromatic carboxylic acids is 1. The van der Waals surface area contributed by atoms with E-state index in [0.717, 1.165) is 6.07 Å². The summed E-state index contributed by atoms with van der Waals surface area (Å²) in [6.45, 7) is -0.0849. The van der Waals surface area contributed by atoms with Crippen LogP contribution < -0.4 is 5.32 Å². The van der Waals surface area contributed by atoms with Gasteiger partial charge in [0.25, 0.3) is 5.91 Å². The Kier molecular flexibility index (Phi) is 4.45. The van der Waals surface area contributed by atoms with Crippen LogP contribution in [-0.2, 0) is 6.54 Å². The molecule has 114 valence electrons. The minimum absolute atomic E-state index is 0.0331. The summed E-state index contributed by atoms with van der Waals surface area (Å²) in [5, 5.41) is 11.2. The minimum Gasteiger partial charge on any atom is -0.478 e. The Labute approximate surface area is 123 Å². The standard InChI is InChI=1S/C15H10F3NO3/c16-11-5-4-10(12(17)13(11)18)14(20)19-7-8-2-1-3-9(6-8)15(21)22/h1-6H,7H2,(H,19,20)(H,21,22). The molecule has 0 heterocycles. The summed E-state index contributed by atoms with van der Waals surface area (Å²) >= 11 is 0. The molecule has 0 saturated heterocycles. The zero-order valence-corrected chi connectivity index (χ0v) is 11.1. The van der Waals surface area contributed by atoms with Crippen molar-refractivity contribution in [1.82, 2.24) is 5.32 Å². The highest BCUT2D eigenvalue weighted by molar-refractivity contribution is 5.94. The Hall–Kier alpha value is -2.83. The maximum absolute atomic E-state index is 13.5. The van der Waals surface area contributed by atoms with Gasteiger partial charge in [0.05, 0.1) is 11.1 Å². The van der Waals surface area contributed by atoms with Gasteiger partial charge in [-0.2, -0.15) is 0 Å². The highest BCUT2D eigenvalue weighted by Crippen LogP contribution is 2.15. The van der Waals surface area contributed by atoms with Crippen LogP contribution in [0.2, 0.25) is 0 Å². The van der Waals surface area contributed by atoms with E-state index in [9.17, 15) is 22.8 Å². The SMILES string of the molecule is O=C(O)c1cccc(CNC(=O)c2ccc(F)c(F)c2F)c1. The zero-order valence-electron chi connectivity index (χ0n) is 11.1. The second-order valence-corrected chi connectivity index (χ2v) is 4.41. The monoisotopic (exact) mass is 309 g/mol. The molecule has 0 unspecified atom stereocenters. The van der Waals surface area contributed by atoms with Gasteiger partial charge in [-0.05, 0) is 29.8 Å². The first-order chi connectivity index (χ1) is 10.4. The van der Waals surface area contributed by atoms with Gasteiger partial charge in [0.1, 0.15) is 0 Å². The van der Waals surface area contributed by atoms with Crippen LogP contribution in [0.4, 0.5) is 13.2 Å². The smallest absolute Gasteiger partial charge is 0.335 e. The molecular formula is C15H10F3NO3. The summed E-state index contributed by atoms with van der Waals surface area (Å²) < 4.78 is 39.3. The fourth-order valence-electron chi connectivity index (χ4n) is 1.79. The van der Waals surface area contributed by atoms with Gasteiger partial charge in [-0.3, -0.25) is 4.79 Å². The minimum atomic E-state index is -1.72. The molecule has 2 N–H and O–H groups in total. The topological polar surface area (TPSA) is 66.4 Å². The number of nitrogens with one attached hydrogen (secondary N) is 1. The van der Waals surface area contributed by atoms with Gasteiger partial charge in [-0.25, -0.2) is 18.0 Å². The van der Waals surface area contributed by atoms with Gasteiger partial charge in [0, 0.05) is 6.54 Å². The number of carboxylic acid groups (broad SMARTS) is 1. The number of carbonyl (C=O) groups excluding carboxylic acids is 1. The molecule has 0 saturated carbocycles. The average molecular weight is 309 g/mol. The van der Waals surface area contributed by atoms with Gasteiger partial charge < -0.3 is 10.4 Å². The molecule has 0 spiro atoms. The Morgan fingerprint density at radius 3 is 2.45 bits per heavy atom. The quantitative estimate of drug-likeness (QED) is 0.853. The molecule has 0 aromatic heterocycles. The van der Waals surface area contributed by atoms with Crippen molar-refractivity contribution in [2.45, 2.75) is 6.54 Å². The van der Waals surface area contributed by atoms with Crippen LogP contribution in [0, 0.1) is 17.5 Å². The molecule has 0 radical (unpaired) electrons. The highest BCUT2D eigenvalue weighted by atomic mass is 19.2. The first kappa shape index (κ1) is 15.6. The van der Waals surface area contributed by atoms with Crippen molar-refractivity contribution >= 4 is 11.9 Å². The normalized spacial score (nSPS) is 10.3. The molecule has 0 fully saturated rings. The number of hydrogen-bond acceptors (Lipinski definition) is 2. The third kappa shape index (κ3) is 3.25. The number of amides is 1. The van der Waals surface area contributed by atoms with Gasteiger partial charge in [0.15, 0.2) is 17.5 Å². The molecule has 2 aromatic rings. The molecule has 22 heavy (non-hydrogen) atoms. The predicted molar refractivity (Wildman–Crippen MR) is 70.9 cm³/mol. The van der Waals surface area contributed by atoms with E-state index in [1.807, 2.05) is 0 Å². The van der Waals surface area contributed by atoms with E-state index in [2.05, 4.69) is 5.32 Å². The van der Waals surface area contributed by atoms with Crippen LogP contribution in [0.5, 0.6) is 0 Å². The van der Waals surface area contributed by atoms with Crippen LogP contribution in [0.3, 0.4) is 0 Å². The third-order valence-electron chi connectivity index (χ3n) is 2.91. The van der Waals surface area contributed by atoms with Crippen LogP contribution >= 0.6 is 0 Å². The molecule has 2 aromatic carbocycles. The van der Waals surface area contributed by atoms with Crippen LogP contribution in [0.15, 0.2) is 36.4 Å². The van der Waals surface area contributed by atoms with Crippen LogP contribution in [0.1, 0.15) is 26.3 Å². The fraction of sp³-hybridized carbons (Fsp3) is 0.0667. The van der Waals surface area contributed by atoms with E-state index >= 15 is 0 Å². The van der Waals surface area contributed by atoms with Gasteiger partial charge in [-0.1, -0.05) is 12.1 Å². The lowest BCUT2D eigenvalue weighted by Crippen LogP contribution is -2.24. The molecule has 0 aliphatic carbocycles. The van der Waals surface area contributed by atoms with E-state index in [-0.39, 0.29) is 12.1 Å². The van der Waals surface area contributed by atoms with Crippen LogP contribution in [0.25, 0.3) is 0 Å². The highest BCUT2D eigenvalue weighted by Gasteiger charge is 2.18. The Morgan fingerprint density at radius 2 is 1.77 bits per heavy atom. The fourth-order valence-corrected chi connectivity index (χ4v) is 1.79. The Morgan fingerprint density at radius 1 is 1.05 bits per heavy atom. The summed E-state index contributed by atoms with van der Waals surface area (Å²) in [6, 6.07) is 7.25. The first-order valence-corrected chi connectivity index (χ1v) is 6.14. The van der Waals surface area contributed by atoms with Gasteiger partial charge >= 0.3 is 5.97 Å². The van der Waals surface area contributed by atoms with Crippen molar-refractivity contribution in [2.75, 3.05) is 0 Å². The molecule has 1 amide bonds. The molecule has 0 bridgehead atoms. The lowest BCUT2D eigenvalue weighted by Gasteiger charge is -2.07. The number of carbonyl (C=O) groups is 2. The van der Waals surface area contributed by atoms with E-state index in [0.29, 0.717) is 11.6 Å². The molecule has 7 heteroatoms.